The van der Waals surface area contributed by atoms with Gasteiger partial charge in [-0.05, 0) is 32.1 Å². The first-order chi connectivity index (χ1) is 8.85. The molecule has 1 aromatic heterocycles. The fraction of sp³-hybridized carbons (Fsp3) is 0.714. The van der Waals surface area contributed by atoms with E-state index >= 15 is 0 Å². The molecule has 2 rings (SSSR count). The van der Waals surface area contributed by atoms with Crippen molar-refractivity contribution in [3.05, 3.63) is 11.9 Å². The van der Waals surface area contributed by atoms with E-state index in [9.17, 15) is 0 Å². The Bertz CT molecular complexity index is 373. The molecule has 1 aliphatic rings. The smallest absolute Gasteiger partial charge is 0.222 e. The largest absolute Gasteiger partial charge is 0.474 e. The molecule has 0 aliphatic heterocycles. The van der Waals surface area contributed by atoms with Crippen LogP contribution in [0.25, 0.3) is 0 Å². The van der Waals surface area contributed by atoms with Crippen molar-refractivity contribution in [2.24, 2.45) is 0 Å². The Labute approximate surface area is 109 Å². The average molecular weight is 249 g/mol. The molecule has 4 heteroatoms. The van der Waals surface area contributed by atoms with E-state index in [1.165, 1.54) is 25.7 Å². The van der Waals surface area contributed by atoms with Crippen LogP contribution in [0.5, 0.6) is 5.88 Å². The topological polar surface area (TPSA) is 47.0 Å². The standard InChI is InChI=1S/C14H23N3O/c1-3-12-13(15-2)16-10-17-14(12)18-11-8-6-4-5-7-9-11/h10-11H,3-9H2,1-2H3,(H,15,16,17). The van der Waals surface area contributed by atoms with Gasteiger partial charge in [-0.1, -0.05) is 19.8 Å². The normalized spacial score (nSPS) is 17.2. The van der Waals surface area contributed by atoms with Gasteiger partial charge in [0.05, 0.1) is 5.56 Å². The number of hydrogen-bond donors (Lipinski definition) is 1. The summed E-state index contributed by atoms with van der Waals surface area (Å²) in [5.41, 5.74) is 1.09. The van der Waals surface area contributed by atoms with E-state index in [0.717, 1.165) is 36.5 Å². The van der Waals surface area contributed by atoms with Gasteiger partial charge in [-0.15, -0.1) is 0 Å². The van der Waals surface area contributed by atoms with Gasteiger partial charge in [0.1, 0.15) is 18.2 Å². The summed E-state index contributed by atoms with van der Waals surface area (Å²) in [6.07, 6.45) is 10.3. The molecule has 4 nitrogen and oxygen atoms in total. The minimum atomic E-state index is 0.331. The van der Waals surface area contributed by atoms with Crippen molar-refractivity contribution < 1.29 is 4.74 Å². The van der Waals surface area contributed by atoms with Crippen molar-refractivity contribution in [3.63, 3.8) is 0 Å². The number of rotatable bonds is 4. The molecule has 1 aliphatic carbocycles. The number of anilines is 1. The summed E-state index contributed by atoms with van der Waals surface area (Å²) in [6.45, 7) is 2.11. The van der Waals surface area contributed by atoms with Gasteiger partial charge in [0, 0.05) is 7.05 Å². The van der Waals surface area contributed by atoms with Crippen LogP contribution in [0.3, 0.4) is 0 Å². The van der Waals surface area contributed by atoms with Crippen molar-refractivity contribution in [3.8, 4) is 5.88 Å². The number of aromatic nitrogens is 2. The lowest BCUT2D eigenvalue weighted by atomic mass is 10.1. The number of ether oxygens (including phenoxy) is 1. The van der Waals surface area contributed by atoms with Crippen LogP contribution in [0.1, 0.15) is 51.0 Å². The second-order valence-corrected chi connectivity index (χ2v) is 4.84. The van der Waals surface area contributed by atoms with Crippen LogP contribution in [-0.4, -0.2) is 23.1 Å². The summed E-state index contributed by atoms with van der Waals surface area (Å²) in [4.78, 5) is 8.55. The maximum Gasteiger partial charge on any atom is 0.222 e. The molecule has 0 atom stereocenters. The van der Waals surface area contributed by atoms with E-state index < -0.39 is 0 Å². The van der Waals surface area contributed by atoms with E-state index in [-0.39, 0.29) is 0 Å². The second-order valence-electron chi connectivity index (χ2n) is 4.84. The number of nitrogens with one attached hydrogen (secondary N) is 1. The Morgan fingerprint density at radius 3 is 2.56 bits per heavy atom. The zero-order chi connectivity index (χ0) is 12.8. The molecule has 0 saturated heterocycles. The molecular weight excluding hydrogens is 226 g/mol. The molecule has 100 valence electrons. The fourth-order valence-electron chi connectivity index (χ4n) is 2.55. The summed E-state index contributed by atoms with van der Waals surface area (Å²) < 4.78 is 6.11. The van der Waals surface area contributed by atoms with Gasteiger partial charge < -0.3 is 10.1 Å². The molecule has 1 aromatic rings. The lowest BCUT2D eigenvalue weighted by Crippen LogP contribution is -2.17. The van der Waals surface area contributed by atoms with Crippen molar-refractivity contribution in [2.75, 3.05) is 12.4 Å². The molecule has 0 radical (unpaired) electrons. The molecule has 0 spiro atoms. The van der Waals surface area contributed by atoms with Crippen LogP contribution in [0.15, 0.2) is 6.33 Å². The third-order valence-corrected chi connectivity index (χ3v) is 3.58. The summed E-state index contributed by atoms with van der Waals surface area (Å²) >= 11 is 0. The zero-order valence-corrected chi connectivity index (χ0v) is 11.4. The Kier molecular flexibility index (Phi) is 4.79. The van der Waals surface area contributed by atoms with Crippen LogP contribution in [0, 0.1) is 0 Å². The van der Waals surface area contributed by atoms with E-state index in [1.54, 1.807) is 6.33 Å². The lowest BCUT2D eigenvalue weighted by molar-refractivity contribution is 0.174. The molecule has 1 saturated carbocycles. The second kappa shape index (κ2) is 6.57. The van der Waals surface area contributed by atoms with E-state index in [1.807, 2.05) is 7.05 Å². The van der Waals surface area contributed by atoms with Gasteiger partial charge in [-0.2, -0.15) is 0 Å². The van der Waals surface area contributed by atoms with E-state index in [4.69, 9.17) is 4.74 Å². The third kappa shape index (κ3) is 3.12. The Morgan fingerprint density at radius 2 is 1.94 bits per heavy atom. The highest BCUT2D eigenvalue weighted by atomic mass is 16.5. The van der Waals surface area contributed by atoms with Crippen molar-refractivity contribution in [1.29, 1.82) is 0 Å². The predicted molar refractivity (Wildman–Crippen MR) is 73.1 cm³/mol. The maximum absolute atomic E-state index is 6.11. The van der Waals surface area contributed by atoms with Gasteiger partial charge in [-0.3, -0.25) is 0 Å². The van der Waals surface area contributed by atoms with Gasteiger partial charge in [0.2, 0.25) is 5.88 Å². The SMILES string of the molecule is CCc1c(NC)ncnc1OC1CCCCCC1. The Hall–Kier alpha value is -1.32. The summed E-state index contributed by atoms with van der Waals surface area (Å²) in [5, 5.41) is 3.11. The Balaban J connectivity index is 2.12. The molecular formula is C14H23N3O. The first-order valence-corrected chi connectivity index (χ1v) is 7.03. The third-order valence-electron chi connectivity index (χ3n) is 3.58. The maximum atomic E-state index is 6.11. The summed E-state index contributed by atoms with van der Waals surface area (Å²) in [6, 6.07) is 0. The molecule has 0 unspecified atom stereocenters. The predicted octanol–water partition coefficient (Wildman–Crippen LogP) is 3.18. The quantitative estimate of drug-likeness (QED) is 0.832. The molecule has 1 N–H and O–H groups in total. The fourth-order valence-corrected chi connectivity index (χ4v) is 2.55. The number of nitrogens with zero attached hydrogens (tertiary/aromatic N) is 2. The molecule has 0 aromatic carbocycles. The van der Waals surface area contributed by atoms with Gasteiger partial charge >= 0.3 is 0 Å². The number of hydrogen-bond acceptors (Lipinski definition) is 4. The first-order valence-electron chi connectivity index (χ1n) is 7.03. The van der Waals surface area contributed by atoms with Crippen LogP contribution in [-0.2, 0) is 6.42 Å². The van der Waals surface area contributed by atoms with E-state index in [2.05, 4.69) is 22.2 Å². The van der Waals surface area contributed by atoms with Crippen molar-refractivity contribution in [1.82, 2.24) is 9.97 Å². The highest BCUT2D eigenvalue weighted by molar-refractivity contribution is 5.48. The minimum absolute atomic E-state index is 0.331. The average Bonchev–Trinajstić information content (AvgIpc) is 2.67. The van der Waals surface area contributed by atoms with Gasteiger partial charge in [0.15, 0.2) is 0 Å². The van der Waals surface area contributed by atoms with E-state index in [0.29, 0.717) is 6.10 Å². The monoisotopic (exact) mass is 249 g/mol. The molecule has 0 bridgehead atoms. The highest BCUT2D eigenvalue weighted by Crippen LogP contribution is 2.26. The van der Waals surface area contributed by atoms with Crippen molar-refractivity contribution >= 4 is 5.82 Å². The molecule has 1 heterocycles. The van der Waals surface area contributed by atoms with Gasteiger partial charge in [0.25, 0.3) is 0 Å². The Morgan fingerprint density at radius 1 is 1.22 bits per heavy atom. The van der Waals surface area contributed by atoms with Crippen molar-refractivity contribution in [2.45, 2.75) is 58.0 Å². The van der Waals surface area contributed by atoms with Gasteiger partial charge in [-0.25, -0.2) is 9.97 Å². The summed E-state index contributed by atoms with van der Waals surface area (Å²) in [5.74, 6) is 1.65. The van der Waals surface area contributed by atoms with Crippen LogP contribution >= 0.6 is 0 Å². The lowest BCUT2D eigenvalue weighted by Gasteiger charge is -2.19. The molecule has 0 amide bonds. The highest BCUT2D eigenvalue weighted by Gasteiger charge is 2.17. The minimum Gasteiger partial charge on any atom is -0.474 e. The zero-order valence-electron chi connectivity index (χ0n) is 11.4. The summed E-state index contributed by atoms with van der Waals surface area (Å²) in [7, 11) is 1.89. The van der Waals surface area contributed by atoms with Crippen LogP contribution < -0.4 is 10.1 Å². The molecule has 1 fully saturated rings. The van der Waals surface area contributed by atoms with Crippen LogP contribution in [0.2, 0.25) is 0 Å². The molecule has 18 heavy (non-hydrogen) atoms. The van der Waals surface area contributed by atoms with Crippen LogP contribution in [0.4, 0.5) is 5.82 Å². The first kappa shape index (κ1) is 13.1.